The van der Waals surface area contributed by atoms with E-state index in [0.29, 0.717) is 0 Å². The van der Waals surface area contributed by atoms with E-state index >= 15 is 0 Å². The Bertz CT molecular complexity index is 1340. The highest BCUT2D eigenvalue weighted by Crippen LogP contribution is 2.31. The number of aromatic nitrogens is 1. The molecule has 0 N–H and O–H groups in total. The Hall–Kier alpha value is -3.85. The molecule has 3 aromatic carbocycles. The van der Waals surface area contributed by atoms with Crippen LogP contribution in [-0.4, -0.2) is 14.2 Å². The second-order valence-corrected chi connectivity index (χ2v) is 7.22. The number of methoxy groups -OCH3 is 2. The maximum Gasteiger partial charge on any atom is 0.219 e. The Morgan fingerprint density at radius 1 is 0.567 bits per heavy atom. The summed E-state index contributed by atoms with van der Waals surface area (Å²) < 4.78 is 13.4. The fourth-order valence-corrected chi connectivity index (χ4v) is 4.05. The van der Waals surface area contributed by atoms with E-state index in [9.17, 15) is 0 Å². The second kappa shape index (κ2) is 7.53. The highest BCUT2D eigenvalue weighted by Gasteiger charge is 2.22. The first kappa shape index (κ1) is 18.2. The van der Waals surface area contributed by atoms with Gasteiger partial charge in [0.25, 0.3) is 0 Å². The number of hydrogen-bond acceptors (Lipinski definition) is 2. The van der Waals surface area contributed by atoms with Gasteiger partial charge in [-0.25, -0.2) is 0 Å². The van der Waals surface area contributed by atoms with Crippen molar-refractivity contribution in [3.05, 3.63) is 97.1 Å². The number of rotatable bonds is 4. The molecule has 2 heterocycles. The summed E-state index contributed by atoms with van der Waals surface area (Å²) in [4.78, 5) is 0. The predicted molar refractivity (Wildman–Crippen MR) is 121 cm³/mol. The van der Waals surface area contributed by atoms with Gasteiger partial charge in [0.05, 0.1) is 25.2 Å². The monoisotopic (exact) mass is 392 g/mol. The Morgan fingerprint density at radius 2 is 1.27 bits per heavy atom. The summed E-state index contributed by atoms with van der Waals surface area (Å²) in [6.07, 6.45) is 0. The summed E-state index contributed by atoms with van der Waals surface area (Å²) in [6.45, 7) is 0. The van der Waals surface area contributed by atoms with Crippen molar-refractivity contribution in [2.24, 2.45) is 0 Å². The van der Waals surface area contributed by atoms with E-state index < -0.39 is 0 Å². The van der Waals surface area contributed by atoms with E-state index in [1.807, 2.05) is 24.3 Å². The van der Waals surface area contributed by atoms with Crippen LogP contribution in [0.2, 0.25) is 0 Å². The van der Waals surface area contributed by atoms with Gasteiger partial charge in [0.15, 0.2) is 0 Å². The fraction of sp³-hybridized carbons (Fsp3) is 0.0741. The minimum atomic E-state index is 0.768. The van der Waals surface area contributed by atoms with Crippen LogP contribution in [0.25, 0.3) is 38.8 Å². The molecule has 2 aromatic heterocycles. The molecule has 0 aliphatic heterocycles. The maximum absolute atomic E-state index is 5.53. The van der Waals surface area contributed by atoms with Gasteiger partial charge in [0.2, 0.25) is 16.9 Å². The van der Waals surface area contributed by atoms with Crippen molar-refractivity contribution in [2.45, 2.75) is 0 Å². The predicted octanol–water partition coefficient (Wildman–Crippen LogP) is 5.93. The van der Waals surface area contributed by atoms with Crippen LogP contribution in [0.5, 0.6) is 11.5 Å². The molecule has 30 heavy (non-hydrogen) atoms. The number of fused-ring (bicyclic) bond motifs is 3. The molecule has 0 unspecified atom stereocenters. The van der Waals surface area contributed by atoms with Crippen molar-refractivity contribution in [1.29, 1.82) is 0 Å². The number of pyridine rings is 2. The molecule has 5 aromatic rings. The average Bonchev–Trinajstić information content (AvgIpc) is 2.83. The van der Waals surface area contributed by atoms with E-state index in [0.717, 1.165) is 34.0 Å². The van der Waals surface area contributed by atoms with E-state index in [4.69, 9.17) is 9.47 Å². The maximum atomic E-state index is 5.53. The largest absolute Gasteiger partial charge is 0.497 e. The summed E-state index contributed by atoms with van der Waals surface area (Å²) in [5, 5.41) is 2.44. The van der Waals surface area contributed by atoms with Crippen LogP contribution in [0.15, 0.2) is 97.1 Å². The molecule has 0 fully saturated rings. The lowest BCUT2D eigenvalue weighted by Gasteiger charge is -2.10. The standard InChI is InChI=1S/C27H22NO2/c1-29-22-15-21(16-23(18-22)30-2)25-13-8-14-26-24-12-7-6-11-20(24)17-27(28(25)26)19-9-4-3-5-10-19/h3-18H,1-2H3/q+1. The topological polar surface area (TPSA) is 22.6 Å². The zero-order valence-corrected chi connectivity index (χ0v) is 17.0. The molecule has 146 valence electrons. The Kier molecular flexibility index (Phi) is 4.56. The van der Waals surface area contributed by atoms with Crippen LogP contribution in [-0.2, 0) is 0 Å². The first-order valence-electron chi connectivity index (χ1n) is 9.94. The number of benzene rings is 3. The van der Waals surface area contributed by atoms with Crippen molar-refractivity contribution < 1.29 is 13.9 Å². The molecule has 0 saturated heterocycles. The molecule has 0 aliphatic rings. The molecule has 5 rings (SSSR count). The molecule has 0 bridgehead atoms. The van der Waals surface area contributed by atoms with Crippen molar-refractivity contribution >= 4 is 16.3 Å². The minimum absolute atomic E-state index is 0.768. The molecule has 3 heteroatoms. The van der Waals surface area contributed by atoms with Crippen LogP contribution in [0.3, 0.4) is 0 Å². The molecular weight excluding hydrogens is 370 g/mol. The van der Waals surface area contributed by atoms with Gasteiger partial charge in [-0.05, 0) is 41.8 Å². The van der Waals surface area contributed by atoms with Crippen molar-refractivity contribution in [3.8, 4) is 34.0 Å². The summed E-state index contributed by atoms with van der Waals surface area (Å²) in [6, 6.07) is 33.7. The summed E-state index contributed by atoms with van der Waals surface area (Å²) in [5.74, 6) is 1.54. The van der Waals surface area contributed by atoms with E-state index in [1.54, 1.807) is 14.2 Å². The first-order valence-corrected chi connectivity index (χ1v) is 9.94. The lowest BCUT2D eigenvalue weighted by Crippen LogP contribution is -2.28. The number of ether oxygens (including phenoxy) is 2. The van der Waals surface area contributed by atoms with Gasteiger partial charge in [-0.2, -0.15) is 4.40 Å². The fourth-order valence-electron chi connectivity index (χ4n) is 4.05. The number of nitrogens with zero attached hydrogens (tertiary/aromatic N) is 1. The molecule has 0 saturated carbocycles. The highest BCUT2D eigenvalue weighted by molar-refractivity contribution is 5.95. The van der Waals surface area contributed by atoms with Crippen molar-refractivity contribution in [3.63, 3.8) is 0 Å². The quantitative estimate of drug-likeness (QED) is 0.279. The van der Waals surface area contributed by atoms with E-state index in [2.05, 4.69) is 77.2 Å². The van der Waals surface area contributed by atoms with Gasteiger partial charge in [-0.3, -0.25) is 0 Å². The molecule has 0 atom stereocenters. The first-order chi connectivity index (χ1) is 14.8. The van der Waals surface area contributed by atoms with Crippen LogP contribution in [0.1, 0.15) is 0 Å². The summed E-state index contributed by atoms with van der Waals surface area (Å²) >= 11 is 0. The molecule has 3 nitrogen and oxygen atoms in total. The van der Waals surface area contributed by atoms with Gasteiger partial charge in [-0.15, -0.1) is 0 Å². The number of hydrogen-bond donors (Lipinski definition) is 0. The van der Waals surface area contributed by atoms with Crippen LogP contribution in [0.4, 0.5) is 0 Å². The van der Waals surface area contributed by atoms with Gasteiger partial charge < -0.3 is 9.47 Å². The molecule has 0 radical (unpaired) electrons. The zero-order chi connectivity index (χ0) is 20.5. The highest BCUT2D eigenvalue weighted by atomic mass is 16.5. The minimum Gasteiger partial charge on any atom is -0.497 e. The van der Waals surface area contributed by atoms with Gasteiger partial charge in [0, 0.05) is 29.8 Å². The molecular formula is C27H22NO2+. The van der Waals surface area contributed by atoms with E-state index in [-0.39, 0.29) is 0 Å². The normalized spacial score (nSPS) is 11.0. The lowest BCUT2D eigenvalue weighted by molar-refractivity contribution is -0.485. The van der Waals surface area contributed by atoms with Crippen molar-refractivity contribution in [2.75, 3.05) is 14.2 Å². The van der Waals surface area contributed by atoms with Gasteiger partial charge >= 0.3 is 0 Å². The third kappa shape index (κ3) is 3.05. The van der Waals surface area contributed by atoms with E-state index in [1.165, 1.54) is 16.3 Å². The Balaban J connectivity index is 1.92. The van der Waals surface area contributed by atoms with Crippen LogP contribution >= 0.6 is 0 Å². The third-order valence-electron chi connectivity index (χ3n) is 5.48. The zero-order valence-electron chi connectivity index (χ0n) is 17.0. The molecule has 0 amide bonds. The third-order valence-corrected chi connectivity index (χ3v) is 5.48. The second-order valence-electron chi connectivity index (χ2n) is 7.22. The molecule has 0 spiro atoms. The summed E-state index contributed by atoms with van der Waals surface area (Å²) in [5.41, 5.74) is 5.58. The molecule has 0 aliphatic carbocycles. The Morgan fingerprint density at radius 3 is 2.00 bits per heavy atom. The van der Waals surface area contributed by atoms with Crippen LogP contribution < -0.4 is 13.9 Å². The van der Waals surface area contributed by atoms with Crippen LogP contribution in [0, 0.1) is 0 Å². The Labute approximate surface area is 175 Å². The van der Waals surface area contributed by atoms with Crippen molar-refractivity contribution in [1.82, 2.24) is 0 Å². The van der Waals surface area contributed by atoms with Gasteiger partial charge in [0.1, 0.15) is 11.5 Å². The summed E-state index contributed by atoms with van der Waals surface area (Å²) in [7, 11) is 3.36. The van der Waals surface area contributed by atoms with Gasteiger partial charge in [-0.1, -0.05) is 36.4 Å². The average molecular weight is 392 g/mol. The SMILES string of the molecule is COc1cc(OC)cc(-c2cccc3c4ccccc4cc(-c4ccccc4)[n+]23)c1. The lowest BCUT2D eigenvalue weighted by atomic mass is 10.0. The smallest absolute Gasteiger partial charge is 0.219 e.